The van der Waals surface area contributed by atoms with Gasteiger partial charge in [0.2, 0.25) is 0 Å². The van der Waals surface area contributed by atoms with Crippen LogP contribution in [-0.2, 0) is 6.42 Å². The van der Waals surface area contributed by atoms with E-state index in [-0.39, 0.29) is 5.75 Å². The third-order valence-corrected chi connectivity index (χ3v) is 4.27. The molecule has 1 aromatic heterocycles. The number of halogens is 3. The number of nitrogens with zero attached hydrogens (tertiary/aromatic N) is 3. The maximum absolute atomic E-state index is 12.6. The van der Waals surface area contributed by atoms with Gasteiger partial charge in [0.25, 0.3) is 0 Å². The predicted octanol–water partition coefficient (Wildman–Crippen LogP) is 4.23. The van der Waals surface area contributed by atoms with E-state index in [0.717, 1.165) is 18.4 Å². The van der Waals surface area contributed by atoms with Crippen molar-refractivity contribution in [2.24, 2.45) is 0 Å². The zero-order valence-corrected chi connectivity index (χ0v) is 16.4. The predicted molar refractivity (Wildman–Crippen MR) is 104 cm³/mol. The Hall–Kier alpha value is -3.43. The number of aryl methyl sites for hydroxylation is 1. The summed E-state index contributed by atoms with van der Waals surface area (Å²) in [4.78, 5) is 3.88. The zero-order valence-electron chi connectivity index (χ0n) is 16.4. The lowest BCUT2D eigenvalue weighted by Gasteiger charge is -2.15. The Morgan fingerprint density at radius 2 is 1.83 bits per heavy atom. The van der Waals surface area contributed by atoms with Crippen LogP contribution in [0.4, 0.5) is 18.9 Å². The number of aromatic nitrogens is 3. The molecule has 0 saturated carbocycles. The molecule has 0 amide bonds. The van der Waals surface area contributed by atoms with Crippen molar-refractivity contribution in [3.05, 3.63) is 54.6 Å². The van der Waals surface area contributed by atoms with Crippen LogP contribution in [-0.4, -0.2) is 41.9 Å². The molecule has 10 heteroatoms. The van der Waals surface area contributed by atoms with Crippen LogP contribution in [0.25, 0.3) is 5.69 Å². The number of methoxy groups -OCH3 is 2. The zero-order chi connectivity index (χ0) is 21.6. The number of hydrogen-bond donors (Lipinski definition) is 1. The third-order valence-electron chi connectivity index (χ3n) is 4.27. The summed E-state index contributed by atoms with van der Waals surface area (Å²) < 4.78 is 53.7. The highest BCUT2D eigenvalue weighted by molar-refractivity contribution is 5.63. The quantitative estimate of drug-likeness (QED) is 0.521. The molecule has 0 unspecified atom stereocenters. The number of hydrogen-bond acceptors (Lipinski definition) is 6. The Morgan fingerprint density at radius 3 is 2.50 bits per heavy atom. The van der Waals surface area contributed by atoms with E-state index in [2.05, 4.69) is 20.1 Å². The van der Waals surface area contributed by atoms with Gasteiger partial charge in [0, 0.05) is 12.6 Å². The molecule has 7 nitrogen and oxygen atoms in total. The van der Waals surface area contributed by atoms with Crippen molar-refractivity contribution >= 4 is 5.69 Å². The molecule has 3 aromatic rings. The van der Waals surface area contributed by atoms with Gasteiger partial charge in [-0.25, -0.2) is 9.67 Å². The molecular weight excluding hydrogens is 401 g/mol. The van der Waals surface area contributed by atoms with Crippen molar-refractivity contribution in [3.8, 4) is 22.9 Å². The van der Waals surface area contributed by atoms with Crippen LogP contribution < -0.4 is 19.5 Å². The van der Waals surface area contributed by atoms with Gasteiger partial charge in [-0.05, 0) is 42.7 Å². The van der Waals surface area contributed by atoms with Crippen LogP contribution in [0.1, 0.15) is 12.0 Å². The average Bonchev–Trinajstić information content (AvgIpc) is 3.24. The lowest BCUT2D eigenvalue weighted by atomic mass is 10.1. The summed E-state index contributed by atoms with van der Waals surface area (Å²) in [6, 6.07) is 9.70. The molecule has 1 N–H and O–H groups in total. The summed E-state index contributed by atoms with van der Waals surface area (Å²) >= 11 is 0. The molecule has 0 bridgehead atoms. The standard InChI is InChI=1S/C20H21F3N4O3/c1-28-18-8-5-14(10-19(18)29-2)4-3-9-25-16-11-15(30-20(21,22)23)6-7-17(16)27-13-24-12-26-27/h5-8,10-13,25H,3-4,9H2,1-2H3. The second-order valence-corrected chi connectivity index (χ2v) is 6.29. The molecule has 0 spiro atoms. The van der Waals surface area contributed by atoms with Gasteiger partial charge in [0.1, 0.15) is 18.4 Å². The van der Waals surface area contributed by atoms with E-state index in [1.54, 1.807) is 14.2 Å². The fraction of sp³-hybridized carbons (Fsp3) is 0.300. The largest absolute Gasteiger partial charge is 0.573 e. The molecular formula is C20H21F3N4O3. The monoisotopic (exact) mass is 422 g/mol. The molecule has 160 valence electrons. The highest BCUT2D eigenvalue weighted by Crippen LogP contribution is 2.30. The van der Waals surface area contributed by atoms with Crippen LogP contribution >= 0.6 is 0 Å². The Bertz CT molecular complexity index is 962. The molecule has 2 aromatic carbocycles. The van der Waals surface area contributed by atoms with Gasteiger partial charge in [-0.1, -0.05) is 6.07 Å². The van der Waals surface area contributed by atoms with Gasteiger partial charge in [-0.2, -0.15) is 5.10 Å². The van der Waals surface area contributed by atoms with Crippen LogP contribution in [0.2, 0.25) is 0 Å². The molecule has 0 saturated heterocycles. The first-order valence-electron chi connectivity index (χ1n) is 9.09. The van der Waals surface area contributed by atoms with Crippen LogP contribution in [0.15, 0.2) is 49.1 Å². The van der Waals surface area contributed by atoms with Crippen molar-refractivity contribution in [3.63, 3.8) is 0 Å². The third kappa shape index (κ3) is 5.56. The minimum Gasteiger partial charge on any atom is -0.493 e. The highest BCUT2D eigenvalue weighted by Gasteiger charge is 2.31. The minimum absolute atomic E-state index is 0.311. The van der Waals surface area contributed by atoms with E-state index in [1.807, 2.05) is 18.2 Å². The minimum atomic E-state index is -4.76. The molecule has 0 aliphatic carbocycles. The number of anilines is 1. The summed E-state index contributed by atoms with van der Waals surface area (Å²) in [6.07, 6.45) is -0.476. The van der Waals surface area contributed by atoms with E-state index in [9.17, 15) is 13.2 Å². The van der Waals surface area contributed by atoms with Gasteiger partial charge < -0.3 is 19.5 Å². The van der Waals surface area contributed by atoms with Gasteiger partial charge in [0.15, 0.2) is 11.5 Å². The van der Waals surface area contributed by atoms with E-state index in [1.165, 1.54) is 35.5 Å². The summed E-state index contributed by atoms with van der Waals surface area (Å²) in [5.74, 6) is 0.987. The second-order valence-electron chi connectivity index (χ2n) is 6.29. The average molecular weight is 422 g/mol. The van der Waals surface area contributed by atoms with Crippen LogP contribution in [0.3, 0.4) is 0 Å². The number of ether oxygens (including phenoxy) is 3. The molecule has 0 radical (unpaired) electrons. The summed E-state index contributed by atoms with van der Waals surface area (Å²) in [7, 11) is 3.15. The molecule has 0 fully saturated rings. The lowest BCUT2D eigenvalue weighted by Crippen LogP contribution is -2.17. The first-order chi connectivity index (χ1) is 14.4. The van der Waals surface area contributed by atoms with Gasteiger partial charge >= 0.3 is 6.36 Å². The Morgan fingerprint density at radius 1 is 1.03 bits per heavy atom. The molecule has 0 aliphatic rings. The van der Waals surface area contributed by atoms with Gasteiger partial charge in [-0.15, -0.1) is 13.2 Å². The summed E-state index contributed by atoms with van der Waals surface area (Å²) in [6.45, 7) is 0.519. The maximum Gasteiger partial charge on any atom is 0.573 e. The van der Waals surface area contributed by atoms with Crippen molar-refractivity contribution in [1.82, 2.24) is 14.8 Å². The van der Waals surface area contributed by atoms with Gasteiger partial charge in [0.05, 0.1) is 25.6 Å². The number of benzene rings is 2. The fourth-order valence-corrected chi connectivity index (χ4v) is 2.94. The van der Waals surface area contributed by atoms with Crippen LogP contribution in [0, 0.1) is 0 Å². The maximum atomic E-state index is 12.6. The van der Waals surface area contributed by atoms with E-state index >= 15 is 0 Å². The summed E-state index contributed by atoms with van der Waals surface area (Å²) in [5.41, 5.74) is 2.07. The number of alkyl halides is 3. The Labute approximate surface area is 171 Å². The Kier molecular flexibility index (Phi) is 6.65. The SMILES string of the molecule is COc1ccc(CCCNc2cc(OC(F)(F)F)ccc2-n2cncn2)cc1OC. The second kappa shape index (κ2) is 9.38. The molecule has 1 heterocycles. The van der Waals surface area contributed by atoms with Gasteiger partial charge in [-0.3, -0.25) is 0 Å². The highest BCUT2D eigenvalue weighted by atomic mass is 19.4. The van der Waals surface area contributed by atoms with Crippen molar-refractivity contribution < 1.29 is 27.4 Å². The lowest BCUT2D eigenvalue weighted by molar-refractivity contribution is -0.274. The van der Waals surface area contributed by atoms with Crippen molar-refractivity contribution in [1.29, 1.82) is 0 Å². The molecule has 30 heavy (non-hydrogen) atoms. The normalized spacial score (nSPS) is 11.2. The molecule has 3 rings (SSSR count). The first kappa shape index (κ1) is 21.3. The topological polar surface area (TPSA) is 70.4 Å². The summed E-state index contributed by atoms with van der Waals surface area (Å²) in [5, 5.41) is 7.20. The van der Waals surface area contributed by atoms with E-state index < -0.39 is 6.36 Å². The fourth-order valence-electron chi connectivity index (χ4n) is 2.94. The smallest absolute Gasteiger partial charge is 0.493 e. The number of rotatable bonds is 9. The van der Waals surface area contributed by atoms with E-state index in [4.69, 9.17) is 9.47 Å². The van der Waals surface area contributed by atoms with Crippen LogP contribution in [0.5, 0.6) is 17.2 Å². The van der Waals surface area contributed by atoms with Crippen molar-refractivity contribution in [2.75, 3.05) is 26.1 Å². The first-order valence-corrected chi connectivity index (χ1v) is 9.09. The molecule has 0 atom stereocenters. The number of nitrogens with one attached hydrogen (secondary N) is 1. The van der Waals surface area contributed by atoms with Crippen molar-refractivity contribution in [2.45, 2.75) is 19.2 Å². The molecule has 0 aliphatic heterocycles. The Balaban J connectivity index is 1.68. The van der Waals surface area contributed by atoms with E-state index in [0.29, 0.717) is 29.4 Å².